The van der Waals surface area contributed by atoms with Gasteiger partial charge < -0.3 is 10.4 Å². The van der Waals surface area contributed by atoms with Crippen LogP contribution in [-0.4, -0.2) is 17.6 Å². The number of nitrogens with one attached hydrogen (secondary N) is 1. The number of hydrogen-bond donors (Lipinski definition) is 2. The zero-order valence-electron chi connectivity index (χ0n) is 13.2. The van der Waals surface area contributed by atoms with E-state index in [1.807, 2.05) is 30.3 Å². The van der Waals surface area contributed by atoms with Gasteiger partial charge in [0.2, 0.25) is 5.91 Å². The van der Waals surface area contributed by atoms with E-state index in [0.29, 0.717) is 6.42 Å². The summed E-state index contributed by atoms with van der Waals surface area (Å²) in [6, 6.07) is 9.33. The lowest BCUT2D eigenvalue weighted by Crippen LogP contribution is -2.30. The molecule has 1 aromatic carbocycles. The lowest BCUT2D eigenvalue weighted by atomic mass is 10.1. The average molecular weight is 291 g/mol. The fourth-order valence-corrected chi connectivity index (χ4v) is 2.43. The Balaban J connectivity index is 2.17. The minimum atomic E-state index is -0.289. The van der Waals surface area contributed by atoms with Crippen molar-refractivity contribution in [1.82, 2.24) is 5.32 Å². The Labute approximate surface area is 128 Å². The zero-order valence-corrected chi connectivity index (χ0v) is 13.2. The van der Waals surface area contributed by atoms with Gasteiger partial charge in [-0.15, -0.1) is 0 Å². The molecule has 0 radical (unpaired) electrons. The average Bonchev–Trinajstić information content (AvgIpc) is 2.52. The molecule has 1 atom stereocenters. The number of aliphatic hydroxyl groups excluding tert-OH is 1. The Kier molecular flexibility index (Phi) is 9.55. The first-order chi connectivity index (χ1) is 10.3. The summed E-state index contributed by atoms with van der Waals surface area (Å²) in [4.78, 5) is 11.9. The van der Waals surface area contributed by atoms with Gasteiger partial charge in [-0.2, -0.15) is 0 Å². The fourth-order valence-electron chi connectivity index (χ4n) is 2.43. The van der Waals surface area contributed by atoms with Gasteiger partial charge in [0.25, 0.3) is 0 Å². The molecule has 3 nitrogen and oxygen atoms in total. The number of carbonyl (C=O) groups is 1. The lowest BCUT2D eigenvalue weighted by Gasteiger charge is -2.16. The van der Waals surface area contributed by atoms with Crippen LogP contribution in [0.2, 0.25) is 0 Å². The largest absolute Gasteiger partial charge is 0.394 e. The molecule has 0 aliphatic rings. The Morgan fingerprint density at radius 1 is 1.05 bits per heavy atom. The van der Waals surface area contributed by atoms with Crippen LogP contribution < -0.4 is 5.32 Å². The molecule has 0 saturated carbocycles. The molecular formula is C18H29NO2. The Hall–Kier alpha value is -1.35. The summed E-state index contributed by atoms with van der Waals surface area (Å²) in [7, 11) is 0. The molecule has 21 heavy (non-hydrogen) atoms. The number of carbonyl (C=O) groups excluding carboxylic acids is 1. The van der Waals surface area contributed by atoms with Crippen molar-refractivity contribution in [3.05, 3.63) is 35.9 Å². The standard InChI is InChI=1S/C18H29NO2/c1-2-3-4-5-6-7-11-14-18(21)19-17(15-20)16-12-9-8-10-13-16/h8-10,12-13,17,20H,2-7,11,14-15H2,1H3,(H,19,21)/t17-/m0/s1. The van der Waals surface area contributed by atoms with E-state index in [2.05, 4.69) is 12.2 Å². The molecule has 3 heteroatoms. The molecule has 0 bridgehead atoms. The quantitative estimate of drug-likeness (QED) is 0.606. The molecule has 0 spiro atoms. The van der Waals surface area contributed by atoms with E-state index in [1.165, 1.54) is 32.1 Å². The van der Waals surface area contributed by atoms with Gasteiger partial charge in [0.1, 0.15) is 0 Å². The molecule has 0 aromatic heterocycles. The summed E-state index contributed by atoms with van der Waals surface area (Å²) in [6.07, 6.45) is 8.99. The molecule has 1 aromatic rings. The van der Waals surface area contributed by atoms with Gasteiger partial charge in [-0.3, -0.25) is 4.79 Å². The van der Waals surface area contributed by atoms with Gasteiger partial charge in [-0.25, -0.2) is 0 Å². The van der Waals surface area contributed by atoms with E-state index < -0.39 is 0 Å². The van der Waals surface area contributed by atoms with Gasteiger partial charge in [-0.05, 0) is 12.0 Å². The first-order valence-corrected chi connectivity index (χ1v) is 8.23. The minimum absolute atomic E-state index is 0.0338. The predicted octanol–water partition coefficient (Wildman–Crippen LogP) is 3.98. The van der Waals surface area contributed by atoms with Crippen molar-refractivity contribution in [2.45, 2.75) is 64.3 Å². The van der Waals surface area contributed by atoms with E-state index in [4.69, 9.17) is 0 Å². The normalized spacial score (nSPS) is 12.1. The maximum Gasteiger partial charge on any atom is 0.220 e. The Bertz CT molecular complexity index is 378. The number of rotatable bonds is 11. The number of hydrogen-bond acceptors (Lipinski definition) is 2. The highest BCUT2D eigenvalue weighted by atomic mass is 16.3. The maximum atomic E-state index is 11.9. The minimum Gasteiger partial charge on any atom is -0.394 e. The number of amides is 1. The molecule has 0 saturated heterocycles. The highest BCUT2D eigenvalue weighted by Crippen LogP contribution is 2.13. The van der Waals surface area contributed by atoms with Crippen LogP contribution in [0.5, 0.6) is 0 Å². The number of unbranched alkanes of at least 4 members (excludes halogenated alkanes) is 6. The number of aliphatic hydroxyl groups is 1. The third-order valence-corrected chi connectivity index (χ3v) is 3.73. The van der Waals surface area contributed by atoms with Crippen molar-refractivity contribution < 1.29 is 9.90 Å². The second-order valence-electron chi connectivity index (χ2n) is 5.58. The molecular weight excluding hydrogens is 262 g/mol. The van der Waals surface area contributed by atoms with Crippen molar-refractivity contribution in [3.8, 4) is 0 Å². The van der Waals surface area contributed by atoms with Crippen LogP contribution in [0.1, 0.15) is 69.9 Å². The van der Waals surface area contributed by atoms with E-state index in [-0.39, 0.29) is 18.6 Å². The van der Waals surface area contributed by atoms with Crippen LogP contribution in [0.3, 0.4) is 0 Å². The first kappa shape index (κ1) is 17.7. The van der Waals surface area contributed by atoms with Crippen LogP contribution in [0, 0.1) is 0 Å². The van der Waals surface area contributed by atoms with Crippen LogP contribution in [0.15, 0.2) is 30.3 Å². The van der Waals surface area contributed by atoms with E-state index in [1.54, 1.807) is 0 Å². The Morgan fingerprint density at radius 2 is 1.67 bits per heavy atom. The fraction of sp³-hybridized carbons (Fsp3) is 0.611. The SMILES string of the molecule is CCCCCCCCCC(=O)N[C@@H](CO)c1ccccc1. The second-order valence-corrected chi connectivity index (χ2v) is 5.58. The van der Waals surface area contributed by atoms with Gasteiger partial charge in [0, 0.05) is 6.42 Å². The highest BCUT2D eigenvalue weighted by molar-refractivity contribution is 5.76. The van der Waals surface area contributed by atoms with E-state index in [9.17, 15) is 9.90 Å². The zero-order chi connectivity index (χ0) is 15.3. The van der Waals surface area contributed by atoms with E-state index in [0.717, 1.165) is 18.4 Å². The highest BCUT2D eigenvalue weighted by Gasteiger charge is 2.12. The summed E-state index contributed by atoms with van der Waals surface area (Å²) in [6.45, 7) is 2.15. The first-order valence-electron chi connectivity index (χ1n) is 8.23. The molecule has 0 heterocycles. The number of benzene rings is 1. The van der Waals surface area contributed by atoms with Crippen molar-refractivity contribution in [3.63, 3.8) is 0 Å². The molecule has 2 N–H and O–H groups in total. The third-order valence-electron chi connectivity index (χ3n) is 3.73. The van der Waals surface area contributed by atoms with Crippen molar-refractivity contribution >= 4 is 5.91 Å². The van der Waals surface area contributed by atoms with Crippen molar-refractivity contribution in [2.24, 2.45) is 0 Å². The smallest absolute Gasteiger partial charge is 0.220 e. The van der Waals surface area contributed by atoms with Gasteiger partial charge >= 0.3 is 0 Å². The third kappa shape index (κ3) is 7.86. The van der Waals surface area contributed by atoms with Crippen LogP contribution in [0.4, 0.5) is 0 Å². The van der Waals surface area contributed by atoms with Crippen LogP contribution in [0.25, 0.3) is 0 Å². The van der Waals surface area contributed by atoms with Gasteiger partial charge in [0.15, 0.2) is 0 Å². The molecule has 118 valence electrons. The molecule has 1 amide bonds. The summed E-state index contributed by atoms with van der Waals surface area (Å²) < 4.78 is 0. The predicted molar refractivity (Wildman–Crippen MR) is 87.0 cm³/mol. The molecule has 0 aliphatic carbocycles. The summed E-state index contributed by atoms with van der Waals surface area (Å²) in [5, 5.41) is 12.3. The van der Waals surface area contributed by atoms with Crippen molar-refractivity contribution in [1.29, 1.82) is 0 Å². The van der Waals surface area contributed by atoms with Gasteiger partial charge in [0.05, 0.1) is 12.6 Å². The summed E-state index contributed by atoms with van der Waals surface area (Å²) >= 11 is 0. The lowest BCUT2D eigenvalue weighted by molar-refractivity contribution is -0.122. The second kappa shape index (κ2) is 11.3. The monoisotopic (exact) mass is 291 g/mol. The summed E-state index contributed by atoms with van der Waals surface area (Å²) in [5.74, 6) is 0.0338. The van der Waals surface area contributed by atoms with Crippen LogP contribution in [-0.2, 0) is 4.79 Å². The molecule has 0 unspecified atom stereocenters. The molecule has 0 aliphatic heterocycles. The topological polar surface area (TPSA) is 49.3 Å². The molecule has 1 rings (SSSR count). The maximum absolute atomic E-state index is 11.9. The van der Waals surface area contributed by atoms with Crippen molar-refractivity contribution in [2.75, 3.05) is 6.61 Å². The molecule has 0 fully saturated rings. The van der Waals surface area contributed by atoms with Gasteiger partial charge in [-0.1, -0.05) is 75.8 Å². The summed E-state index contributed by atoms with van der Waals surface area (Å²) in [5.41, 5.74) is 0.952. The Morgan fingerprint density at radius 3 is 2.29 bits per heavy atom. The van der Waals surface area contributed by atoms with Crippen LogP contribution >= 0.6 is 0 Å². The van der Waals surface area contributed by atoms with E-state index >= 15 is 0 Å².